The monoisotopic (exact) mass is 443 g/mol. The maximum atomic E-state index is 12.2. The zero-order valence-electron chi connectivity index (χ0n) is 18.1. The van der Waals surface area contributed by atoms with Crippen LogP contribution in [0.2, 0.25) is 0 Å². The number of aromatic nitrogens is 1. The first-order chi connectivity index (χ1) is 14.8. The first-order valence-electron chi connectivity index (χ1n) is 10.3. The van der Waals surface area contributed by atoms with E-state index in [9.17, 15) is 4.79 Å². The predicted molar refractivity (Wildman–Crippen MR) is 124 cm³/mol. The highest BCUT2D eigenvalue weighted by Crippen LogP contribution is 2.31. The molecule has 0 saturated carbocycles. The molecule has 0 bridgehead atoms. The Kier molecular flexibility index (Phi) is 7.62. The third kappa shape index (κ3) is 7.06. The van der Waals surface area contributed by atoms with Crippen molar-refractivity contribution in [3.8, 4) is 5.75 Å². The summed E-state index contributed by atoms with van der Waals surface area (Å²) in [4.78, 5) is 22.4. The molecule has 1 aromatic heterocycles. The van der Waals surface area contributed by atoms with Crippen molar-refractivity contribution < 1.29 is 14.3 Å². The van der Waals surface area contributed by atoms with Gasteiger partial charge in [0.1, 0.15) is 24.3 Å². The summed E-state index contributed by atoms with van der Waals surface area (Å²) < 4.78 is 11.3. The van der Waals surface area contributed by atoms with Crippen LogP contribution in [-0.4, -0.2) is 47.3 Å². The van der Waals surface area contributed by atoms with Crippen molar-refractivity contribution in [1.82, 2.24) is 9.88 Å². The van der Waals surface area contributed by atoms with Crippen molar-refractivity contribution in [2.24, 2.45) is 4.99 Å². The smallest absolute Gasteiger partial charge is 0.410 e. The van der Waals surface area contributed by atoms with Gasteiger partial charge in [-0.2, -0.15) is 0 Å². The number of thiazole rings is 1. The van der Waals surface area contributed by atoms with Crippen molar-refractivity contribution in [3.63, 3.8) is 0 Å². The molecule has 1 aliphatic heterocycles. The van der Waals surface area contributed by atoms with E-state index in [1.54, 1.807) is 16.2 Å². The second-order valence-electron chi connectivity index (χ2n) is 8.28. The number of carbonyl (C=O) groups is 1. The quantitative estimate of drug-likeness (QED) is 0.469. The number of likely N-dealkylation sites (tertiary alicyclic amines) is 1. The van der Waals surface area contributed by atoms with Gasteiger partial charge in [-0.05, 0) is 57.9 Å². The first kappa shape index (κ1) is 22.7. The molecule has 1 aliphatic rings. The number of hydrogen-bond acceptors (Lipinski definition) is 6. The third-order valence-electron chi connectivity index (χ3n) is 4.69. The highest BCUT2D eigenvalue weighted by Gasteiger charge is 2.28. The van der Waals surface area contributed by atoms with Crippen LogP contribution in [0.5, 0.6) is 5.75 Å². The van der Waals surface area contributed by atoms with E-state index in [-0.39, 0.29) is 6.09 Å². The van der Waals surface area contributed by atoms with E-state index in [1.165, 1.54) is 6.34 Å². The van der Waals surface area contributed by atoms with Crippen LogP contribution in [0.15, 0.2) is 34.6 Å². The Bertz CT molecular complexity index is 897. The molecule has 1 amide bonds. The van der Waals surface area contributed by atoms with Gasteiger partial charge in [0.25, 0.3) is 0 Å². The summed E-state index contributed by atoms with van der Waals surface area (Å²) >= 11 is 1.66. The zero-order chi connectivity index (χ0) is 22.3. The van der Waals surface area contributed by atoms with Crippen LogP contribution in [0.25, 0.3) is 0 Å². The van der Waals surface area contributed by atoms with Crippen molar-refractivity contribution in [1.29, 1.82) is 5.41 Å². The molecule has 1 aromatic carbocycles. The number of rotatable bonds is 7. The lowest BCUT2D eigenvalue weighted by molar-refractivity contribution is 0.0204. The minimum Gasteiger partial charge on any atom is -0.487 e. The Balaban J connectivity index is 1.46. The lowest BCUT2D eigenvalue weighted by Gasteiger charge is -2.32. The molecule has 8 nitrogen and oxygen atoms in total. The normalized spacial score (nSPS) is 15.1. The Hall–Kier alpha value is -2.94. The number of anilines is 1. The van der Waals surface area contributed by atoms with E-state index in [0.717, 1.165) is 41.3 Å². The number of hydrogen-bond donors (Lipinski definition) is 2. The molecule has 0 atom stereocenters. The maximum absolute atomic E-state index is 12.2. The van der Waals surface area contributed by atoms with Gasteiger partial charge in [0.15, 0.2) is 0 Å². The number of ether oxygens (including phenoxy) is 2. The highest BCUT2D eigenvalue weighted by atomic mass is 32.1. The van der Waals surface area contributed by atoms with Gasteiger partial charge in [-0.3, -0.25) is 5.41 Å². The molecule has 2 N–H and O–H groups in total. The van der Waals surface area contributed by atoms with Gasteiger partial charge in [0.2, 0.25) is 0 Å². The van der Waals surface area contributed by atoms with E-state index < -0.39 is 5.60 Å². The number of benzene rings is 1. The van der Waals surface area contributed by atoms with E-state index in [2.05, 4.69) is 10.3 Å². The van der Waals surface area contributed by atoms with Gasteiger partial charge < -0.3 is 19.7 Å². The number of nitrogens with zero attached hydrogens (tertiary/aromatic N) is 3. The fraction of sp³-hybridized carbons (Fsp3) is 0.455. The number of carbonyl (C=O) groups excluding carboxylic acids is 1. The summed E-state index contributed by atoms with van der Waals surface area (Å²) in [6.07, 6.45) is 3.97. The van der Waals surface area contributed by atoms with Crippen molar-refractivity contribution >= 4 is 35.8 Å². The Morgan fingerprint density at radius 2 is 2.03 bits per heavy atom. The van der Waals surface area contributed by atoms with Gasteiger partial charge in [0, 0.05) is 30.1 Å². The average Bonchev–Trinajstić information content (AvgIpc) is 3.21. The number of piperidine rings is 1. The number of aliphatic imine (C=N–C) groups is 1. The summed E-state index contributed by atoms with van der Waals surface area (Å²) in [6.45, 7) is 7.45. The average molecular weight is 444 g/mol. The Labute approximate surface area is 186 Å². The van der Waals surface area contributed by atoms with Crippen molar-refractivity contribution in [2.45, 2.75) is 51.7 Å². The summed E-state index contributed by atoms with van der Waals surface area (Å²) in [5.41, 5.74) is 1.31. The van der Waals surface area contributed by atoms with Crippen LogP contribution >= 0.6 is 11.3 Å². The van der Waals surface area contributed by atoms with Gasteiger partial charge in [-0.25, -0.2) is 14.8 Å². The fourth-order valence-corrected chi connectivity index (χ4v) is 4.14. The van der Waals surface area contributed by atoms with E-state index in [0.29, 0.717) is 25.6 Å². The zero-order valence-corrected chi connectivity index (χ0v) is 18.9. The number of amides is 1. The van der Waals surface area contributed by atoms with Crippen LogP contribution in [0, 0.1) is 5.41 Å². The molecular formula is C22H29N5O3S. The van der Waals surface area contributed by atoms with Crippen LogP contribution in [-0.2, 0) is 11.3 Å². The number of nitrogens with one attached hydrogen (secondary N) is 2. The molecule has 1 saturated heterocycles. The second-order valence-corrected chi connectivity index (χ2v) is 9.17. The molecule has 0 spiro atoms. The molecule has 31 heavy (non-hydrogen) atoms. The van der Waals surface area contributed by atoms with Crippen LogP contribution in [0.3, 0.4) is 0 Å². The molecule has 0 unspecified atom stereocenters. The second kappa shape index (κ2) is 10.4. The van der Waals surface area contributed by atoms with Crippen molar-refractivity contribution in [2.75, 3.05) is 18.4 Å². The van der Waals surface area contributed by atoms with Crippen LogP contribution in [0.1, 0.15) is 50.2 Å². The summed E-state index contributed by atoms with van der Waals surface area (Å²) in [5, 5.41) is 13.0. The Morgan fingerprint density at radius 3 is 2.68 bits per heavy atom. The van der Waals surface area contributed by atoms with E-state index >= 15 is 0 Å². The summed E-state index contributed by atoms with van der Waals surface area (Å²) in [5.74, 6) is 1.13. The minimum absolute atomic E-state index is 0.234. The molecule has 0 aliphatic carbocycles. The van der Waals surface area contributed by atoms with Gasteiger partial charge in [0.05, 0.1) is 17.0 Å². The molecule has 2 aromatic rings. The third-order valence-corrected chi connectivity index (χ3v) is 5.74. The van der Waals surface area contributed by atoms with Crippen LogP contribution < -0.4 is 10.1 Å². The topological polar surface area (TPSA) is 99.9 Å². The van der Waals surface area contributed by atoms with Gasteiger partial charge in [-0.15, -0.1) is 11.3 Å². The molecule has 9 heteroatoms. The van der Waals surface area contributed by atoms with Gasteiger partial charge in [-0.1, -0.05) is 0 Å². The highest BCUT2D eigenvalue weighted by molar-refractivity contribution is 7.09. The fourth-order valence-electron chi connectivity index (χ4n) is 3.17. The van der Waals surface area contributed by atoms with Crippen molar-refractivity contribution in [3.05, 3.63) is 40.3 Å². The molecule has 0 radical (unpaired) electrons. The maximum Gasteiger partial charge on any atom is 0.410 e. The summed E-state index contributed by atoms with van der Waals surface area (Å²) in [7, 11) is 0. The molecule has 3 rings (SSSR count). The standard InChI is InChI=1S/C22H29N5O3S/c1-22(2,3)30-21(28)27-10-8-16(9-11-27)20-26-18(13-31-20)12-29-19-6-4-17(5-7-19)25-15-24-14-23/h4-7,13-16H,8-12H2,1-3H3,(H2,23,24,25). The van der Waals surface area contributed by atoms with E-state index in [1.807, 2.05) is 50.4 Å². The molecular weight excluding hydrogens is 414 g/mol. The van der Waals surface area contributed by atoms with Crippen LogP contribution in [0.4, 0.5) is 10.5 Å². The predicted octanol–water partition coefficient (Wildman–Crippen LogP) is 4.88. The lowest BCUT2D eigenvalue weighted by Crippen LogP contribution is -2.41. The molecule has 1 fully saturated rings. The molecule has 166 valence electrons. The first-order valence-corrected chi connectivity index (χ1v) is 11.1. The van der Waals surface area contributed by atoms with E-state index in [4.69, 9.17) is 19.9 Å². The van der Waals surface area contributed by atoms with Gasteiger partial charge >= 0.3 is 6.09 Å². The minimum atomic E-state index is -0.468. The summed E-state index contributed by atoms with van der Waals surface area (Å²) in [6, 6.07) is 7.52. The lowest BCUT2D eigenvalue weighted by atomic mass is 9.98. The SMILES string of the molecule is CC(C)(C)OC(=O)N1CCC(c2nc(COc3ccc(N/C=N\C=N)cc3)cs2)CC1. The molecule has 2 heterocycles. The Morgan fingerprint density at radius 1 is 1.32 bits per heavy atom. The largest absolute Gasteiger partial charge is 0.487 e.